The van der Waals surface area contributed by atoms with Crippen molar-refractivity contribution in [3.63, 3.8) is 0 Å². The van der Waals surface area contributed by atoms with Crippen LogP contribution in [0.3, 0.4) is 0 Å². The molecule has 0 radical (unpaired) electrons. The van der Waals surface area contributed by atoms with Crippen LogP contribution in [0.2, 0.25) is 0 Å². The van der Waals surface area contributed by atoms with Crippen LogP contribution in [0.25, 0.3) is 11.0 Å². The molecule has 140 valence electrons. The quantitative estimate of drug-likeness (QED) is 0.596. The number of hydrogen-bond donors (Lipinski definition) is 3. The van der Waals surface area contributed by atoms with E-state index in [-0.39, 0.29) is 4.90 Å². The first-order valence-corrected chi connectivity index (χ1v) is 10.1. The SMILES string of the molecule is CCNc1cc(Nc2ccc(S(C)(=O)=O)cc2OC)nc2[nH]cc(C#N)c12. The van der Waals surface area contributed by atoms with Gasteiger partial charge in [0.25, 0.3) is 0 Å². The van der Waals surface area contributed by atoms with Gasteiger partial charge in [-0.1, -0.05) is 0 Å². The van der Waals surface area contributed by atoms with Crippen molar-refractivity contribution in [2.75, 3.05) is 30.5 Å². The van der Waals surface area contributed by atoms with E-state index in [0.29, 0.717) is 35.0 Å². The van der Waals surface area contributed by atoms with Gasteiger partial charge < -0.3 is 20.4 Å². The van der Waals surface area contributed by atoms with Crippen molar-refractivity contribution in [2.24, 2.45) is 0 Å². The minimum absolute atomic E-state index is 0.171. The highest BCUT2D eigenvalue weighted by Crippen LogP contribution is 2.33. The van der Waals surface area contributed by atoms with Gasteiger partial charge in [0.15, 0.2) is 9.84 Å². The predicted molar refractivity (Wildman–Crippen MR) is 104 cm³/mol. The smallest absolute Gasteiger partial charge is 0.175 e. The van der Waals surface area contributed by atoms with E-state index in [2.05, 4.69) is 26.7 Å². The Balaban J connectivity index is 2.05. The first-order valence-electron chi connectivity index (χ1n) is 8.18. The van der Waals surface area contributed by atoms with Crippen LogP contribution in [0.4, 0.5) is 17.2 Å². The van der Waals surface area contributed by atoms with Gasteiger partial charge in [0.05, 0.1) is 34.3 Å². The summed E-state index contributed by atoms with van der Waals surface area (Å²) in [7, 11) is -1.87. The van der Waals surface area contributed by atoms with Crippen molar-refractivity contribution < 1.29 is 13.2 Å². The summed E-state index contributed by atoms with van der Waals surface area (Å²) in [5, 5.41) is 16.4. The Morgan fingerprint density at radius 1 is 1.30 bits per heavy atom. The Labute approximate surface area is 157 Å². The summed E-state index contributed by atoms with van der Waals surface area (Å²) in [6.45, 7) is 2.64. The highest BCUT2D eigenvalue weighted by atomic mass is 32.2. The molecule has 0 spiro atoms. The van der Waals surface area contributed by atoms with Crippen molar-refractivity contribution in [1.82, 2.24) is 9.97 Å². The molecule has 0 saturated heterocycles. The number of fused-ring (bicyclic) bond motifs is 1. The van der Waals surface area contributed by atoms with Crippen molar-refractivity contribution >= 4 is 38.1 Å². The molecular weight excluding hydrogens is 366 g/mol. The monoisotopic (exact) mass is 385 g/mol. The van der Waals surface area contributed by atoms with E-state index < -0.39 is 9.84 Å². The number of aromatic nitrogens is 2. The van der Waals surface area contributed by atoms with Crippen molar-refractivity contribution in [2.45, 2.75) is 11.8 Å². The summed E-state index contributed by atoms with van der Waals surface area (Å²) < 4.78 is 28.8. The Bertz CT molecular complexity index is 1150. The third-order valence-electron chi connectivity index (χ3n) is 3.99. The van der Waals surface area contributed by atoms with E-state index in [0.717, 1.165) is 17.3 Å². The van der Waals surface area contributed by atoms with Gasteiger partial charge in [-0.15, -0.1) is 0 Å². The maximum Gasteiger partial charge on any atom is 0.175 e. The molecule has 0 atom stereocenters. The maximum absolute atomic E-state index is 11.7. The van der Waals surface area contributed by atoms with Crippen molar-refractivity contribution in [1.29, 1.82) is 5.26 Å². The van der Waals surface area contributed by atoms with E-state index >= 15 is 0 Å². The Hall–Kier alpha value is -3.25. The van der Waals surface area contributed by atoms with Crippen LogP contribution in [-0.4, -0.2) is 38.3 Å². The molecule has 0 saturated carbocycles. The third-order valence-corrected chi connectivity index (χ3v) is 5.10. The molecule has 3 N–H and O–H groups in total. The second-order valence-electron chi connectivity index (χ2n) is 5.88. The molecule has 27 heavy (non-hydrogen) atoms. The molecule has 0 aliphatic heterocycles. The second kappa shape index (κ2) is 7.17. The number of ether oxygens (including phenoxy) is 1. The number of pyridine rings is 1. The number of rotatable bonds is 6. The lowest BCUT2D eigenvalue weighted by Crippen LogP contribution is -2.03. The molecular formula is C18H19N5O3S. The maximum atomic E-state index is 11.7. The zero-order valence-corrected chi connectivity index (χ0v) is 15.9. The number of hydrogen-bond acceptors (Lipinski definition) is 7. The van der Waals surface area contributed by atoms with Gasteiger partial charge in [-0.05, 0) is 19.1 Å². The lowest BCUT2D eigenvalue weighted by Gasteiger charge is -2.13. The molecule has 0 amide bonds. The standard InChI is InChI=1S/C18H19N5O3S/c1-4-20-14-8-16(23-18-17(14)11(9-19)10-21-18)22-13-6-5-12(27(3,24)25)7-15(13)26-2/h5-8,10H,4H2,1-3H3,(H3,20,21,22,23). The topological polar surface area (TPSA) is 120 Å². The van der Waals surface area contributed by atoms with Crippen LogP contribution < -0.4 is 15.4 Å². The first-order chi connectivity index (χ1) is 12.9. The van der Waals surface area contributed by atoms with Crippen LogP contribution >= 0.6 is 0 Å². The molecule has 0 fully saturated rings. The zero-order valence-electron chi connectivity index (χ0n) is 15.1. The molecule has 0 aliphatic carbocycles. The zero-order chi connectivity index (χ0) is 19.6. The molecule has 2 heterocycles. The van der Waals surface area contributed by atoms with Crippen LogP contribution in [0.15, 0.2) is 35.4 Å². The van der Waals surface area contributed by atoms with E-state index in [9.17, 15) is 13.7 Å². The number of nitriles is 1. The van der Waals surface area contributed by atoms with E-state index in [1.807, 2.05) is 6.92 Å². The van der Waals surface area contributed by atoms with Crippen LogP contribution in [0.5, 0.6) is 5.75 Å². The Morgan fingerprint density at radius 2 is 2.07 bits per heavy atom. The Kier molecular flexibility index (Phi) is 4.92. The van der Waals surface area contributed by atoms with Crippen molar-refractivity contribution in [3.8, 4) is 11.8 Å². The summed E-state index contributed by atoms with van der Waals surface area (Å²) in [6, 6.07) is 8.54. The summed E-state index contributed by atoms with van der Waals surface area (Å²) >= 11 is 0. The largest absolute Gasteiger partial charge is 0.495 e. The molecule has 0 aliphatic rings. The molecule has 9 heteroatoms. The molecule has 0 bridgehead atoms. The van der Waals surface area contributed by atoms with E-state index in [1.54, 1.807) is 18.3 Å². The predicted octanol–water partition coefficient (Wildman–Crippen LogP) is 3.02. The van der Waals surface area contributed by atoms with Gasteiger partial charge in [-0.25, -0.2) is 13.4 Å². The van der Waals surface area contributed by atoms with Gasteiger partial charge in [-0.3, -0.25) is 0 Å². The number of H-pyrrole nitrogens is 1. The molecule has 1 aromatic carbocycles. The highest BCUT2D eigenvalue weighted by Gasteiger charge is 2.15. The second-order valence-corrected chi connectivity index (χ2v) is 7.90. The lowest BCUT2D eigenvalue weighted by molar-refractivity contribution is 0.415. The van der Waals surface area contributed by atoms with Gasteiger partial charge >= 0.3 is 0 Å². The van der Waals surface area contributed by atoms with Gasteiger partial charge in [-0.2, -0.15) is 5.26 Å². The number of nitrogens with one attached hydrogen (secondary N) is 3. The van der Waals surface area contributed by atoms with Gasteiger partial charge in [0.2, 0.25) is 0 Å². The van der Waals surface area contributed by atoms with Crippen LogP contribution in [0.1, 0.15) is 12.5 Å². The first kappa shape index (κ1) is 18.5. The molecule has 2 aromatic heterocycles. The summed E-state index contributed by atoms with van der Waals surface area (Å²) in [5.41, 5.74) is 2.43. The molecule has 3 rings (SSSR count). The van der Waals surface area contributed by atoms with Crippen LogP contribution in [-0.2, 0) is 9.84 Å². The van der Waals surface area contributed by atoms with Gasteiger partial charge in [0.1, 0.15) is 23.3 Å². The third kappa shape index (κ3) is 3.66. The van der Waals surface area contributed by atoms with Crippen molar-refractivity contribution in [3.05, 3.63) is 36.0 Å². The average molecular weight is 385 g/mol. The number of sulfone groups is 1. The summed E-state index contributed by atoms with van der Waals surface area (Å²) in [6.07, 6.45) is 2.76. The summed E-state index contributed by atoms with van der Waals surface area (Å²) in [5.74, 6) is 0.907. The van der Waals surface area contributed by atoms with Crippen LogP contribution in [0, 0.1) is 11.3 Å². The molecule has 8 nitrogen and oxygen atoms in total. The minimum Gasteiger partial charge on any atom is -0.495 e. The van der Waals surface area contributed by atoms with E-state index in [1.165, 1.54) is 19.2 Å². The molecule has 3 aromatic rings. The van der Waals surface area contributed by atoms with E-state index in [4.69, 9.17) is 4.74 Å². The summed E-state index contributed by atoms with van der Waals surface area (Å²) in [4.78, 5) is 7.67. The normalized spacial score (nSPS) is 11.2. The Morgan fingerprint density at radius 3 is 2.70 bits per heavy atom. The molecule has 0 unspecified atom stereocenters. The number of nitrogens with zero attached hydrogens (tertiary/aromatic N) is 2. The highest BCUT2D eigenvalue weighted by molar-refractivity contribution is 7.90. The number of anilines is 3. The number of benzene rings is 1. The fraction of sp³-hybridized carbons (Fsp3) is 0.222. The number of methoxy groups -OCH3 is 1. The fourth-order valence-corrected chi connectivity index (χ4v) is 3.40. The minimum atomic E-state index is -3.34. The lowest BCUT2D eigenvalue weighted by atomic mass is 10.2. The number of aromatic amines is 1. The van der Waals surface area contributed by atoms with Gasteiger partial charge in [0, 0.05) is 31.1 Å². The average Bonchev–Trinajstić information content (AvgIpc) is 3.04. The fourth-order valence-electron chi connectivity index (χ4n) is 2.76.